The van der Waals surface area contributed by atoms with Crippen molar-refractivity contribution in [2.75, 3.05) is 19.5 Å². The van der Waals surface area contributed by atoms with E-state index in [-0.39, 0.29) is 24.9 Å². The molecule has 0 N–H and O–H groups in total. The zero-order chi connectivity index (χ0) is 18.3. The van der Waals surface area contributed by atoms with Crippen molar-refractivity contribution in [3.8, 4) is 5.75 Å². The monoisotopic (exact) mass is 362 g/mol. The van der Waals surface area contributed by atoms with Gasteiger partial charge in [-0.1, -0.05) is 37.3 Å². The van der Waals surface area contributed by atoms with E-state index >= 15 is 0 Å². The Morgan fingerprint density at radius 2 is 1.64 bits per heavy atom. The predicted molar refractivity (Wildman–Crippen MR) is 96.5 cm³/mol. The van der Waals surface area contributed by atoms with Crippen LogP contribution >= 0.6 is 0 Å². The second-order valence-electron chi connectivity index (χ2n) is 5.63. The first kappa shape index (κ1) is 19.1. The number of Topliss-reactive ketones (excluding diaryl/α,β-unsaturated/α-hetero) is 1. The first-order valence-corrected chi connectivity index (χ1v) is 9.89. The van der Waals surface area contributed by atoms with Crippen LogP contribution < -0.4 is 4.74 Å². The summed E-state index contributed by atoms with van der Waals surface area (Å²) in [5.74, 6) is 0.457. The summed E-state index contributed by atoms with van der Waals surface area (Å²) in [6.07, 6.45) is 1.72. The van der Waals surface area contributed by atoms with Gasteiger partial charge < -0.3 is 4.74 Å². The summed E-state index contributed by atoms with van der Waals surface area (Å²) >= 11 is 0. The number of ether oxygens (including phenoxy) is 1. The second kappa shape index (κ2) is 8.78. The molecule has 2 rings (SSSR count). The van der Waals surface area contributed by atoms with Crippen molar-refractivity contribution in [1.82, 2.24) is 0 Å². The third kappa shape index (κ3) is 5.99. The zero-order valence-electron chi connectivity index (χ0n) is 14.3. The van der Waals surface area contributed by atoms with Crippen LogP contribution in [0.15, 0.2) is 54.6 Å². The van der Waals surface area contributed by atoms with E-state index in [0.717, 1.165) is 18.2 Å². The Hall–Kier alpha value is -2.18. The van der Waals surface area contributed by atoms with Crippen LogP contribution in [0.5, 0.6) is 5.75 Å². The largest absolute Gasteiger partial charge is 0.491 e. The maximum absolute atomic E-state index is 12.7. The summed E-state index contributed by atoms with van der Waals surface area (Å²) < 4.78 is 31.7. The molecule has 1 atom stereocenters. The summed E-state index contributed by atoms with van der Waals surface area (Å²) in [6.45, 7) is 2.06. The Labute approximate surface area is 148 Å². The van der Waals surface area contributed by atoms with Gasteiger partial charge in [-0.2, -0.15) is 8.42 Å². The van der Waals surface area contributed by atoms with Gasteiger partial charge in [0.1, 0.15) is 19.0 Å². The van der Waals surface area contributed by atoms with Crippen molar-refractivity contribution in [1.29, 1.82) is 0 Å². The van der Waals surface area contributed by atoms with Gasteiger partial charge in [0, 0.05) is 11.5 Å². The summed E-state index contributed by atoms with van der Waals surface area (Å²) in [6, 6.07) is 16.6. The number of hydrogen-bond donors (Lipinski definition) is 0. The molecule has 0 fully saturated rings. The molecule has 2 aromatic rings. The lowest BCUT2D eigenvalue weighted by atomic mass is 9.89. The van der Waals surface area contributed by atoms with Crippen molar-refractivity contribution in [3.05, 3.63) is 65.7 Å². The molecule has 0 saturated heterocycles. The third-order valence-electron chi connectivity index (χ3n) is 3.71. The summed E-state index contributed by atoms with van der Waals surface area (Å²) in [5.41, 5.74) is 1.63. The van der Waals surface area contributed by atoms with Crippen molar-refractivity contribution < 1.29 is 22.1 Å². The van der Waals surface area contributed by atoms with Gasteiger partial charge >= 0.3 is 0 Å². The molecule has 1 unspecified atom stereocenters. The van der Waals surface area contributed by atoms with E-state index in [9.17, 15) is 13.2 Å². The second-order valence-corrected chi connectivity index (χ2v) is 7.28. The number of hydrogen-bond acceptors (Lipinski definition) is 5. The maximum atomic E-state index is 12.7. The lowest BCUT2D eigenvalue weighted by molar-refractivity contribution is 0.0957. The van der Waals surface area contributed by atoms with Crippen LogP contribution in [0.4, 0.5) is 0 Å². The number of benzene rings is 2. The third-order valence-corrected chi connectivity index (χ3v) is 4.31. The Bertz CT molecular complexity index is 782. The zero-order valence-corrected chi connectivity index (χ0v) is 15.2. The topological polar surface area (TPSA) is 69.7 Å². The molecule has 0 aliphatic carbocycles. The van der Waals surface area contributed by atoms with Gasteiger partial charge in [-0.15, -0.1) is 0 Å². The number of rotatable bonds is 9. The molecule has 0 amide bonds. The predicted octanol–water partition coefficient (Wildman–Crippen LogP) is 3.42. The number of carbonyl (C=O) groups is 1. The summed E-state index contributed by atoms with van der Waals surface area (Å²) in [7, 11) is -3.46. The van der Waals surface area contributed by atoms with Gasteiger partial charge in [0.25, 0.3) is 10.1 Å². The van der Waals surface area contributed by atoms with E-state index in [4.69, 9.17) is 4.74 Å². The Morgan fingerprint density at radius 1 is 1.00 bits per heavy atom. The highest BCUT2D eigenvalue weighted by atomic mass is 32.2. The van der Waals surface area contributed by atoms with Crippen molar-refractivity contribution in [3.63, 3.8) is 0 Å². The average molecular weight is 362 g/mol. The lowest BCUT2D eigenvalue weighted by Crippen LogP contribution is -2.13. The molecule has 0 bridgehead atoms. The maximum Gasteiger partial charge on any atom is 0.264 e. The molecular weight excluding hydrogens is 340 g/mol. The normalized spacial score (nSPS) is 12.6. The minimum Gasteiger partial charge on any atom is -0.491 e. The van der Waals surface area contributed by atoms with Gasteiger partial charge in [0.15, 0.2) is 5.78 Å². The SMILES string of the molecule is CCC(C(=O)c1ccc(OCCOS(C)(=O)=O)cc1)c1ccccc1. The van der Waals surface area contributed by atoms with E-state index in [2.05, 4.69) is 4.18 Å². The Balaban J connectivity index is 1.97. The summed E-state index contributed by atoms with van der Waals surface area (Å²) in [4.78, 5) is 12.7. The van der Waals surface area contributed by atoms with E-state index in [1.807, 2.05) is 37.3 Å². The van der Waals surface area contributed by atoms with Crippen LogP contribution in [0.2, 0.25) is 0 Å². The van der Waals surface area contributed by atoms with Gasteiger partial charge in [-0.3, -0.25) is 8.98 Å². The van der Waals surface area contributed by atoms with E-state index in [0.29, 0.717) is 11.3 Å². The molecule has 134 valence electrons. The van der Waals surface area contributed by atoms with Crippen molar-refractivity contribution in [2.24, 2.45) is 0 Å². The fraction of sp³-hybridized carbons (Fsp3) is 0.316. The van der Waals surface area contributed by atoms with E-state index in [1.54, 1.807) is 24.3 Å². The first-order chi connectivity index (χ1) is 11.9. The van der Waals surface area contributed by atoms with E-state index in [1.165, 1.54) is 0 Å². The molecule has 0 aromatic heterocycles. The number of carbonyl (C=O) groups excluding carboxylic acids is 1. The van der Waals surface area contributed by atoms with Gasteiger partial charge in [0.05, 0.1) is 6.26 Å². The summed E-state index contributed by atoms with van der Waals surface area (Å²) in [5, 5.41) is 0. The van der Waals surface area contributed by atoms with Crippen molar-refractivity contribution in [2.45, 2.75) is 19.3 Å². The smallest absolute Gasteiger partial charge is 0.264 e. The molecule has 0 aliphatic rings. The molecule has 0 spiro atoms. The average Bonchev–Trinajstić information content (AvgIpc) is 2.60. The molecule has 0 saturated carbocycles. The highest BCUT2D eigenvalue weighted by Crippen LogP contribution is 2.25. The van der Waals surface area contributed by atoms with Crippen LogP contribution in [0.1, 0.15) is 35.2 Å². The lowest BCUT2D eigenvalue weighted by Gasteiger charge is -2.14. The Morgan fingerprint density at radius 3 is 2.20 bits per heavy atom. The standard InChI is InChI=1S/C19H22O5S/c1-3-18(15-7-5-4-6-8-15)19(20)16-9-11-17(12-10-16)23-13-14-24-25(2,21)22/h4-12,18H,3,13-14H2,1-2H3. The Kier molecular flexibility index (Phi) is 6.73. The molecule has 25 heavy (non-hydrogen) atoms. The minimum atomic E-state index is -3.46. The molecule has 2 aromatic carbocycles. The van der Waals surface area contributed by atoms with Crippen molar-refractivity contribution >= 4 is 15.9 Å². The minimum absolute atomic E-state index is 0.0502. The van der Waals surface area contributed by atoms with Gasteiger partial charge in [0.2, 0.25) is 0 Å². The van der Waals surface area contributed by atoms with Crippen LogP contribution in [0, 0.1) is 0 Å². The van der Waals surface area contributed by atoms with Crippen LogP contribution in [0.3, 0.4) is 0 Å². The highest BCUT2D eigenvalue weighted by molar-refractivity contribution is 7.85. The fourth-order valence-corrected chi connectivity index (χ4v) is 2.89. The molecule has 6 heteroatoms. The van der Waals surface area contributed by atoms with E-state index < -0.39 is 10.1 Å². The quantitative estimate of drug-likeness (QED) is 0.388. The number of ketones is 1. The highest BCUT2D eigenvalue weighted by Gasteiger charge is 2.20. The molecule has 0 heterocycles. The molecule has 0 radical (unpaired) electrons. The van der Waals surface area contributed by atoms with Crippen LogP contribution in [0.25, 0.3) is 0 Å². The van der Waals surface area contributed by atoms with Gasteiger partial charge in [-0.05, 0) is 36.2 Å². The molecule has 5 nitrogen and oxygen atoms in total. The molecular formula is C19H22O5S. The molecule has 0 aliphatic heterocycles. The van der Waals surface area contributed by atoms with Crippen LogP contribution in [-0.4, -0.2) is 33.7 Å². The van der Waals surface area contributed by atoms with Crippen LogP contribution in [-0.2, 0) is 14.3 Å². The fourth-order valence-electron chi connectivity index (χ4n) is 2.52. The first-order valence-electron chi connectivity index (χ1n) is 8.07. The van der Waals surface area contributed by atoms with Gasteiger partial charge in [-0.25, -0.2) is 0 Å².